The minimum atomic E-state index is -0.0866. The highest BCUT2D eigenvalue weighted by molar-refractivity contribution is 14.0. The van der Waals surface area contributed by atoms with Gasteiger partial charge in [-0.1, -0.05) is 37.5 Å². The van der Waals surface area contributed by atoms with E-state index >= 15 is 0 Å². The molecule has 0 spiro atoms. The number of carbonyl (C=O) groups excluding carboxylic acids is 2. The maximum absolute atomic E-state index is 12.8. The summed E-state index contributed by atoms with van der Waals surface area (Å²) in [7, 11) is 0. The highest BCUT2D eigenvalue weighted by Gasteiger charge is 2.31. The van der Waals surface area contributed by atoms with E-state index in [1.807, 2.05) is 30.0 Å². The van der Waals surface area contributed by atoms with Crippen LogP contribution < -0.4 is 16.0 Å². The van der Waals surface area contributed by atoms with Gasteiger partial charge < -0.3 is 20.9 Å². The van der Waals surface area contributed by atoms with Gasteiger partial charge in [0.05, 0.1) is 6.54 Å². The average Bonchev–Trinajstić information content (AvgIpc) is 3.25. The molecule has 31 heavy (non-hydrogen) atoms. The molecule has 2 aliphatic rings. The molecule has 7 nitrogen and oxygen atoms in total. The van der Waals surface area contributed by atoms with E-state index in [4.69, 9.17) is 0 Å². The van der Waals surface area contributed by atoms with Crippen LogP contribution in [0, 0.1) is 5.92 Å². The van der Waals surface area contributed by atoms with E-state index < -0.39 is 0 Å². The maximum atomic E-state index is 12.8. The number of halogens is 1. The summed E-state index contributed by atoms with van der Waals surface area (Å²) in [4.78, 5) is 31.5. The lowest BCUT2D eigenvalue weighted by Gasteiger charge is -2.26. The number of nitrogens with zero attached hydrogens (tertiary/aromatic N) is 2. The standard InChI is InChI=1S/C23H35N5O2.HI/c1-2-24-23(26-15-14-25-21(29)18-9-5-3-6-10-18)27-20-13-16-28(17-20)22(30)19-11-7-4-8-12-19;/h3,5-6,9-10,19-20H,2,4,7-8,11-17H2,1H3,(H,25,29)(H2,24,26,27);1H. The third kappa shape index (κ3) is 7.97. The zero-order chi connectivity index (χ0) is 21.2. The van der Waals surface area contributed by atoms with Crippen LogP contribution in [0.25, 0.3) is 0 Å². The lowest BCUT2D eigenvalue weighted by molar-refractivity contribution is -0.135. The second-order valence-corrected chi connectivity index (χ2v) is 8.13. The van der Waals surface area contributed by atoms with E-state index in [-0.39, 0.29) is 41.8 Å². The molecule has 3 rings (SSSR count). The van der Waals surface area contributed by atoms with Crippen LogP contribution >= 0.6 is 24.0 Å². The predicted octanol–water partition coefficient (Wildman–Crippen LogP) is 2.77. The molecule has 1 atom stereocenters. The first-order valence-corrected chi connectivity index (χ1v) is 11.3. The van der Waals surface area contributed by atoms with Gasteiger partial charge in [0.15, 0.2) is 5.96 Å². The predicted molar refractivity (Wildman–Crippen MR) is 135 cm³/mol. The molecule has 2 amide bonds. The summed E-state index contributed by atoms with van der Waals surface area (Å²) in [5.41, 5.74) is 0.653. The molecule has 1 aromatic carbocycles. The Morgan fingerprint density at radius 3 is 2.52 bits per heavy atom. The Morgan fingerprint density at radius 2 is 1.81 bits per heavy atom. The van der Waals surface area contributed by atoms with Crippen molar-refractivity contribution in [3.63, 3.8) is 0 Å². The van der Waals surface area contributed by atoms with Crippen molar-refractivity contribution >= 4 is 41.8 Å². The van der Waals surface area contributed by atoms with Crippen molar-refractivity contribution in [3.8, 4) is 0 Å². The highest BCUT2D eigenvalue weighted by atomic mass is 127. The van der Waals surface area contributed by atoms with E-state index in [9.17, 15) is 9.59 Å². The molecule has 172 valence electrons. The third-order valence-electron chi connectivity index (χ3n) is 5.84. The van der Waals surface area contributed by atoms with Gasteiger partial charge in [-0.05, 0) is 38.3 Å². The van der Waals surface area contributed by atoms with Crippen LogP contribution in [-0.4, -0.2) is 61.4 Å². The normalized spacial score (nSPS) is 19.5. The number of guanidine groups is 1. The summed E-state index contributed by atoms with van der Waals surface area (Å²) in [6.07, 6.45) is 6.67. The quantitative estimate of drug-likeness (QED) is 0.215. The van der Waals surface area contributed by atoms with Crippen molar-refractivity contribution in [2.75, 3.05) is 32.7 Å². The minimum Gasteiger partial charge on any atom is -0.357 e. The zero-order valence-corrected chi connectivity index (χ0v) is 20.8. The van der Waals surface area contributed by atoms with E-state index in [2.05, 4.69) is 20.9 Å². The number of hydrogen-bond donors (Lipinski definition) is 3. The summed E-state index contributed by atoms with van der Waals surface area (Å²) in [6, 6.07) is 9.40. The van der Waals surface area contributed by atoms with Crippen molar-refractivity contribution in [1.29, 1.82) is 0 Å². The third-order valence-corrected chi connectivity index (χ3v) is 5.84. The van der Waals surface area contributed by atoms with Gasteiger partial charge in [0.25, 0.3) is 5.91 Å². The Labute approximate surface area is 202 Å². The topological polar surface area (TPSA) is 85.8 Å². The molecule has 1 heterocycles. The Bertz CT molecular complexity index is 722. The molecule has 1 aliphatic carbocycles. The van der Waals surface area contributed by atoms with Gasteiger partial charge in [-0.25, -0.2) is 0 Å². The number of aliphatic imine (C=N–C) groups is 1. The monoisotopic (exact) mass is 541 g/mol. The minimum absolute atomic E-state index is 0. The average molecular weight is 541 g/mol. The first-order valence-electron chi connectivity index (χ1n) is 11.3. The molecule has 0 aromatic heterocycles. The van der Waals surface area contributed by atoms with Crippen LogP contribution in [0.3, 0.4) is 0 Å². The first-order chi connectivity index (χ1) is 14.7. The fourth-order valence-corrected chi connectivity index (χ4v) is 4.23. The number of likely N-dealkylation sites (tertiary alicyclic amines) is 1. The summed E-state index contributed by atoms with van der Waals surface area (Å²) in [6.45, 7) is 5.32. The Morgan fingerprint density at radius 1 is 1.06 bits per heavy atom. The van der Waals surface area contributed by atoms with Gasteiger partial charge in [0, 0.05) is 43.7 Å². The molecule has 0 bridgehead atoms. The number of benzene rings is 1. The maximum Gasteiger partial charge on any atom is 0.251 e. The Hall–Kier alpha value is -1.84. The van der Waals surface area contributed by atoms with Crippen molar-refractivity contribution < 1.29 is 9.59 Å². The Balaban J connectivity index is 0.00000341. The van der Waals surface area contributed by atoms with E-state index in [0.717, 1.165) is 44.9 Å². The second kappa shape index (κ2) is 13.5. The molecular formula is C23H36IN5O2. The molecule has 0 radical (unpaired) electrons. The fourth-order valence-electron chi connectivity index (χ4n) is 4.23. The SMILES string of the molecule is CCNC(=NCCNC(=O)c1ccccc1)NC1CCN(C(=O)C2CCCCC2)C1.I. The summed E-state index contributed by atoms with van der Waals surface area (Å²) >= 11 is 0. The van der Waals surface area contributed by atoms with Crippen LogP contribution in [0.4, 0.5) is 0 Å². The van der Waals surface area contributed by atoms with Gasteiger partial charge in [0.1, 0.15) is 0 Å². The lowest BCUT2D eigenvalue weighted by Crippen LogP contribution is -2.46. The number of amides is 2. The van der Waals surface area contributed by atoms with Crippen LogP contribution in [0.5, 0.6) is 0 Å². The first kappa shape index (κ1) is 25.4. The molecular weight excluding hydrogens is 505 g/mol. The number of rotatable bonds is 7. The number of nitrogens with one attached hydrogen (secondary N) is 3. The van der Waals surface area contributed by atoms with Crippen molar-refractivity contribution in [3.05, 3.63) is 35.9 Å². The zero-order valence-electron chi connectivity index (χ0n) is 18.4. The molecule has 1 aromatic rings. The van der Waals surface area contributed by atoms with E-state index in [1.54, 1.807) is 12.1 Å². The van der Waals surface area contributed by atoms with Crippen molar-refractivity contribution in [1.82, 2.24) is 20.9 Å². The van der Waals surface area contributed by atoms with Crippen LogP contribution in [0.1, 0.15) is 55.8 Å². The van der Waals surface area contributed by atoms with Gasteiger partial charge >= 0.3 is 0 Å². The van der Waals surface area contributed by atoms with Crippen molar-refractivity contribution in [2.45, 2.75) is 51.5 Å². The second-order valence-electron chi connectivity index (χ2n) is 8.13. The molecule has 1 saturated heterocycles. The smallest absolute Gasteiger partial charge is 0.251 e. The molecule has 2 fully saturated rings. The van der Waals surface area contributed by atoms with E-state index in [0.29, 0.717) is 24.6 Å². The molecule has 1 saturated carbocycles. The summed E-state index contributed by atoms with van der Waals surface area (Å²) in [5.74, 6) is 1.22. The molecule has 3 N–H and O–H groups in total. The number of carbonyl (C=O) groups is 2. The lowest BCUT2D eigenvalue weighted by atomic mass is 9.88. The van der Waals surface area contributed by atoms with Gasteiger partial charge in [0.2, 0.25) is 5.91 Å². The molecule has 1 aliphatic heterocycles. The van der Waals surface area contributed by atoms with E-state index in [1.165, 1.54) is 19.3 Å². The number of hydrogen-bond acceptors (Lipinski definition) is 3. The van der Waals surface area contributed by atoms with Gasteiger partial charge in [-0.3, -0.25) is 14.6 Å². The van der Waals surface area contributed by atoms with Crippen LogP contribution in [-0.2, 0) is 4.79 Å². The largest absolute Gasteiger partial charge is 0.357 e. The Kier molecular flexibility index (Phi) is 11.1. The summed E-state index contributed by atoms with van der Waals surface area (Å²) < 4.78 is 0. The van der Waals surface area contributed by atoms with Crippen LogP contribution in [0.2, 0.25) is 0 Å². The van der Waals surface area contributed by atoms with Crippen LogP contribution in [0.15, 0.2) is 35.3 Å². The fraction of sp³-hybridized carbons (Fsp3) is 0.609. The molecule has 8 heteroatoms. The van der Waals surface area contributed by atoms with Gasteiger partial charge in [-0.15, -0.1) is 24.0 Å². The summed E-state index contributed by atoms with van der Waals surface area (Å²) in [5, 5.41) is 9.61. The molecule has 1 unspecified atom stereocenters. The van der Waals surface area contributed by atoms with Gasteiger partial charge in [-0.2, -0.15) is 0 Å². The van der Waals surface area contributed by atoms with Crippen molar-refractivity contribution in [2.24, 2.45) is 10.9 Å². The highest BCUT2D eigenvalue weighted by Crippen LogP contribution is 2.26.